The molecule has 0 rings (SSSR count). The van der Waals surface area contributed by atoms with Crippen molar-refractivity contribution >= 4 is 302 Å². The zero-order valence-electron chi connectivity index (χ0n) is 12.1. The maximum absolute atomic E-state index is 8.67. The fourth-order valence-electron chi connectivity index (χ4n) is 0. The number of rotatable bonds is 0. The summed E-state index contributed by atoms with van der Waals surface area (Å²) in [7, 11) is 0. The molecule has 22 heavy (non-hydrogen) atoms. The summed E-state index contributed by atoms with van der Waals surface area (Å²) in [6, 6.07) is 0. The van der Waals surface area contributed by atoms with Crippen LogP contribution in [0.15, 0.2) is 0 Å². The van der Waals surface area contributed by atoms with Crippen molar-refractivity contribution in [3.63, 3.8) is 0 Å². The first-order valence-electron chi connectivity index (χ1n) is 2.13. The molecule has 0 aliphatic carbocycles. The molecule has 0 unspecified atom stereocenters. The van der Waals surface area contributed by atoms with Gasteiger partial charge in [0.25, 0.3) is 45.4 Å². The Morgan fingerprint density at radius 3 is 0.364 bits per heavy atom. The second-order valence-corrected chi connectivity index (χ2v) is 2.77. The Kier molecular flexibility index (Phi) is 165. The molecule has 6 radical (unpaired) electrons. The van der Waals surface area contributed by atoms with Crippen LogP contribution < -0.4 is 0 Å². The van der Waals surface area contributed by atoms with Crippen molar-refractivity contribution in [3.8, 4) is 0 Å². The van der Waals surface area contributed by atoms with Crippen molar-refractivity contribution in [3.05, 3.63) is 0 Å². The van der Waals surface area contributed by atoms with Crippen molar-refractivity contribution in [1.29, 1.82) is 0 Å². The first kappa shape index (κ1) is 63.3. The molecule has 8 N–H and O–H groups in total. The fraction of sp³-hybridized carbons (Fsp3) is 0. The quantitative estimate of drug-likeness (QED) is 0.0915. The maximum Gasteiger partial charge on any atom is 0.299 e. The van der Waals surface area contributed by atoms with Crippen molar-refractivity contribution in [2.45, 2.75) is 0 Å². The average molecular weight is 721 g/mol. The summed E-state index contributed by atoms with van der Waals surface area (Å²) in [5.41, 5.74) is 0. The molecule has 0 saturated heterocycles. The maximum atomic E-state index is 8.67. The molecule has 0 bridgehead atoms. The summed E-state index contributed by atoms with van der Waals surface area (Å²) < 4.78 is 91.3. The summed E-state index contributed by atoms with van der Waals surface area (Å²) in [5, 5.41) is 0. The molecular weight excluding hydrogens is 713 g/mol. The monoisotopic (exact) mass is 720 g/mol. The zero-order valence-corrected chi connectivity index (χ0v) is 33.2. The van der Waals surface area contributed by atoms with Crippen LogP contribution in [-0.4, -0.2) is 310 Å². The molecule has 0 fully saturated rings. The predicted octanol–water partition coefficient (Wildman–Crippen LogP) is -3.18. The SMILES string of the molecule is O=S(O)O.O=S(O)O.O=S(O)O.O=S(O)O.[Au].[K].[K].[K].[K].[K]. The zero-order chi connectivity index (χ0) is 14.3. The van der Waals surface area contributed by atoms with Gasteiger partial charge in [-0.05, 0) is 0 Å². The average Bonchev–Trinajstić information content (AvgIpc) is 1.76. The van der Waals surface area contributed by atoms with Crippen LogP contribution in [0.3, 0.4) is 0 Å². The van der Waals surface area contributed by atoms with Crippen LogP contribution in [0.5, 0.6) is 0 Å². The van der Waals surface area contributed by atoms with Gasteiger partial charge in [-0.1, -0.05) is 0 Å². The van der Waals surface area contributed by atoms with E-state index < -0.39 is 45.4 Å². The van der Waals surface area contributed by atoms with E-state index in [1.54, 1.807) is 0 Å². The standard InChI is InChI=1S/Au.5K.4H2O3S/c;;;;;;4*1-4(2)3/h;;;;;;4*(H2,1,2,3). The minimum atomic E-state index is -2.61. The Labute approximate surface area is 365 Å². The van der Waals surface area contributed by atoms with Crippen LogP contribution in [0.25, 0.3) is 0 Å². The molecule has 22 heteroatoms. The van der Waals surface area contributed by atoms with Gasteiger partial charge in [-0.25, -0.2) is 0 Å². The van der Waals surface area contributed by atoms with Crippen LogP contribution in [0.1, 0.15) is 0 Å². The van der Waals surface area contributed by atoms with Crippen LogP contribution in [0.4, 0.5) is 0 Å². The molecule has 0 aliphatic rings. The van der Waals surface area contributed by atoms with E-state index in [2.05, 4.69) is 0 Å². The molecule has 0 spiro atoms. The minimum absolute atomic E-state index is 0. The molecule has 0 aromatic carbocycles. The molecule has 0 atom stereocenters. The normalized spacial score (nSPS) is 6.36. The third kappa shape index (κ3) is 274. The van der Waals surface area contributed by atoms with Crippen LogP contribution in [0, 0.1) is 0 Å². The second-order valence-electron chi connectivity index (χ2n) is 0.923. The molecule has 0 aromatic rings. The van der Waals surface area contributed by atoms with E-state index >= 15 is 0 Å². The van der Waals surface area contributed by atoms with Crippen molar-refractivity contribution in [1.82, 2.24) is 0 Å². The summed E-state index contributed by atoms with van der Waals surface area (Å²) in [6.07, 6.45) is 0. The predicted molar refractivity (Wildman–Crippen MR) is 82.4 cm³/mol. The van der Waals surface area contributed by atoms with Gasteiger partial charge in [0, 0.05) is 279 Å². The second kappa shape index (κ2) is 57.3. The summed E-state index contributed by atoms with van der Waals surface area (Å²) in [6.45, 7) is 0. The Balaban J connectivity index is -0.00000001000. The van der Waals surface area contributed by atoms with Crippen LogP contribution in [0.2, 0.25) is 0 Å². The van der Waals surface area contributed by atoms with Gasteiger partial charge in [-0.2, -0.15) is 16.8 Å². The van der Waals surface area contributed by atoms with Crippen molar-refractivity contribution in [2.75, 3.05) is 0 Å². The van der Waals surface area contributed by atoms with Gasteiger partial charge in [-0.3, -0.25) is 36.4 Å². The largest absolute Gasteiger partial charge is 0.299 e. The third-order valence-electron chi connectivity index (χ3n) is 0. The van der Waals surface area contributed by atoms with Gasteiger partial charge in [0.2, 0.25) is 0 Å². The molecule has 0 amide bonds. The van der Waals surface area contributed by atoms with E-state index in [1.165, 1.54) is 0 Å². The molecule has 0 saturated carbocycles. The molecule has 0 aromatic heterocycles. The van der Waals surface area contributed by atoms with Crippen molar-refractivity contribution in [2.24, 2.45) is 0 Å². The van der Waals surface area contributed by atoms with E-state index in [-0.39, 0.29) is 279 Å². The van der Waals surface area contributed by atoms with Crippen LogP contribution in [-0.2, 0) is 67.8 Å². The Morgan fingerprint density at radius 2 is 0.364 bits per heavy atom. The Bertz CT molecular complexity index is 176. The third-order valence-corrected chi connectivity index (χ3v) is 0. The molecule has 0 aliphatic heterocycles. The van der Waals surface area contributed by atoms with Gasteiger partial charge >= 0.3 is 0 Å². The topological polar surface area (TPSA) is 230 Å². The van der Waals surface area contributed by atoms with E-state index in [1.807, 2.05) is 0 Å². The Morgan fingerprint density at radius 1 is 0.364 bits per heavy atom. The van der Waals surface area contributed by atoms with Gasteiger partial charge in [0.15, 0.2) is 0 Å². The number of hydrogen-bond donors (Lipinski definition) is 8. The molecule has 12 nitrogen and oxygen atoms in total. The molecule has 0 heterocycles. The first-order chi connectivity index (χ1) is 6.93. The van der Waals surface area contributed by atoms with Gasteiger partial charge < -0.3 is 0 Å². The van der Waals surface area contributed by atoms with E-state index in [0.717, 1.165) is 0 Å². The van der Waals surface area contributed by atoms with E-state index in [0.29, 0.717) is 0 Å². The summed E-state index contributed by atoms with van der Waals surface area (Å²) in [4.78, 5) is 0. The first-order valence-corrected chi connectivity index (χ1v) is 6.38. The Hall–Kier alpha value is 9.20. The summed E-state index contributed by atoms with van der Waals surface area (Å²) >= 11 is -10.4. The van der Waals surface area contributed by atoms with Crippen molar-refractivity contribution < 1.29 is 75.6 Å². The van der Waals surface area contributed by atoms with Crippen LogP contribution >= 0.6 is 0 Å². The summed E-state index contributed by atoms with van der Waals surface area (Å²) in [5.74, 6) is 0. The van der Waals surface area contributed by atoms with Gasteiger partial charge in [-0.15, -0.1) is 0 Å². The molecular formula is H8AuK5O12S4. The minimum Gasteiger partial charge on any atom is -0.284 e. The van der Waals surface area contributed by atoms with E-state index in [9.17, 15) is 0 Å². The van der Waals surface area contributed by atoms with Gasteiger partial charge in [0.05, 0.1) is 0 Å². The van der Waals surface area contributed by atoms with Gasteiger partial charge in [0.1, 0.15) is 0 Å². The van der Waals surface area contributed by atoms with E-state index in [4.69, 9.17) is 53.3 Å². The smallest absolute Gasteiger partial charge is 0.284 e. The fourth-order valence-corrected chi connectivity index (χ4v) is 0. The number of hydrogen-bond acceptors (Lipinski definition) is 4. The molecule has 120 valence electrons.